The van der Waals surface area contributed by atoms with Gasteiger partial charge in [-0.05, 0) is 54.2 Å². The van der Waals surface area contributed by atoms with Crippen LogP contribution in [-0.2, 0) is 30.2 Å². The average Bonchev–Trinajstić information content (AvgIpc) is 2.60. The van der Waals surface area contributed by atoms with Crippen molar-refractivity contribution in [2.45, 2.75) is 44.4 Å². The highest BCUT2D eigenvalue weighted by Gasteiger charge is 2.29. The second-order valence-electron chi connectivity index (χ2n) is 6.58. The number of aliphatic hydroxyl groups excluding tert-OH is 1. The molecule has 2 aromatic rings. The number of fused-ring (bicyclic) bond motifs is 1. The minimum atomic E-state index is -4.35. The molecule has 1 atom stereocenters. The second kappa shape index (κ2) is 7.50. The summed E-state index contributed by atoms with van der Waals surface area (Å²) in [5.74, 6) is -0.196. The van der Waals surface area contributed by atoms with Crippen molar-refractivity contribution < 1.29 is 23.1 Å². The van der Waals surface area contributed by atoms with Crippen LogP contribution in [0.25, 0.3) is 0 Å². The summed E-state index contributed by atoms with van der Waals surface area (Å²) in [7, 11) is 0. The van der Waals surface area contributed by atoms with Crippen LogP contribution in [0, 0.1) is 0 Å². The van der Waals surface area contributed by atoms with Crippen LogP contribution in [0.3, 0.4) is 0 Å². The maximum atomic E-state index is 12.6. The molecule has 0 bridgehead atoms. The van der Waals surface area contributed by atoms with Crippen molar-refractivity contribution in [3.63, 3.8) is 0 Å². The molecular weight excluding hydrogens is 343 g/mol. The minimum absolute atomic E-state index is 0.178. The van der Waals surface area contributed by atoms with E-state index in [1.807, 2.05) is 18.2 Å². The molecule has 0 heterocycles. The van der Waals surface area contributed by atoms with Crippen LogP contribution in [0.2, 0.25) is 0 Å². The van der Waals surface area contributed by atoms with Gasteiger partial charge in [-0.15, -0.1) is 0 Å². The number of anilines is 1. The zero-order chi connectivity index (χ0) is 18.7. The van der Waals surface area contributed by atoms with Gasteiger partial charge in [-0.1, -0.05) is 24.3 Å². The summed E-state index contributed by atoms with van der Waals surface area (Å²) < 4.78 is 37.7. The van der Waals surface area contributed by atoms with Crippen LogP contribution in [0.4, 0.5) is 18.9 Å². The van der Waals surface area contributed by atoms with Crippen LogP contribution < -0.4 is 5.32 Å². The van der Waals surface area contributed by atoms with E-state index >= 15 is 0 Å². The molecule has 2 aromatic carbocycles. The van der Waals surface area contributed by atoms with Gasteiger partial charge in [0.05, 0.1) is 11.7 Å². The Morgan fingerprint density at radius 1 is 1.15 bits per heavy atom. The van der Waals surface area contributed by atoms with Crippen molar-refractivity contribution in [2.24, 2.45) is 0 Å². The lowest BCUT2D eigenvalue weighted by Crippen LogP contribution is -2.21. The highest BCUT2D eigenvalue weighted by molar-refractivity contribution is 5.91. The normalized spacial score (nSPS) is 16.8. The molecule has 1 amide bonds. The van der Waals surface area contributed by atoms with E-state index in [1.54, 1.807) is 0 Å². The third-order valence-electron chi connectivity index (χ3n) is 4.66. The fraction of sp³-hybridized carbons (Fsp3) is 0.350. The summed E-state index contributed by atoms with van der Waals surface area (Å²) in [6.07, 6.45) is -2.19. The van der Waals surface area contributed by atoms with Gasteiger partial charge in [0.15, 0.2) is 0 Å². The summed E-state index contributed by atoms with van der Waals surface area (Å²) in [6.45, 7) is 0. The monoisotopic (exact) mass is 363 g/mol. The first-order valence-electron chi connectivity index (χ1n) is 8.58. The molecule has 6 heteroatoms. The van der Waals surface area contributed by atoms with Crippen LogP contribution >= 0.6 is 0 Å². The lowest BCUT2D eigenvalue weighted by Gasteiger charge is -2.23. The molecule has 0 radical (unpaired) electrons. The maximum Gasteiger partial charge on any atom is 0.416 e. The summed E-state index contributed by atoms with van der Waals surface area (Å²) >= 11 is 0. The van der Waals surface area contributed by atoms with Crippen molar-refractivity contribution in [3.8, 4) is 0 Å². The number of alkyl halides is 3. The summed E-state index contributed by atoms with van der Waals surface area (Å²) in [5, 5.41) is 12.7. The number of rotatable bonds is 4. The van der Waals surface area contributed by atoms with Crippen molar-refractivity contribution in [2.75, 3.05) is 5.32 Å². The number of carbonyl (C=O) groups excluding carboxylic acids is 1. The molecule has 26 heavy (non-hydrogen) atoms. The number of aliphatic hydroxyl groups is 1. The molecule has 2 N–H and O–H groups in total. The number of benzene rings is 2. The van der Waals surface area contributed by atoms with Gasteiger partial charge in [0.25, 0.3) is 0 Å². The molecule has 0 spiro atoms. The number of nitrogens with one attached hydrogen (secondary N) is 1. The smallest absolute Gasteiger partial charge is 0.393 e. The third-order valence-corrected chi connectivity index (χ3v) is 4.66. The van der Waals surface area contributed by atoms with Gasteiger partial charge < -0.3 is 10.4 Å². The predicted molar refractivity (Wildman–Crippen MR) is 92.9 cm³/mol. The fourth-order valence-corrected chi connectivity index (χ4v) is 3.22. The number of hydrogen-bond acceptors (Lipinski definition) is 2. The lowest BCUT2D eigenvalue weighted by atomic mass is 9.88. The van der Waals surface area contributed by atoms with E-state index in [-0.39, 0.29) is 12.3 Å². The van der Waals surface area contributed by atoms with E-state index in [4.69, 9.17) is 0 Å². The summed E-state index contributed by atoms with van der Waals surface area (Å²) in [6, 6.07) is 10.5. The Balaban J connectivity index is 1.60. The molecule has 0 fully saturated rings. The van der Waals surface area contributed by atoms with Gasteiger partial charge in [-0.2, -0.15) is 13.2 Å². The Hall–Kier alpha value is -2.34. The minimum Gasteiger partial charge on any atom is -0.393 e. The zero-order valence-electron chi connectivity index (χ0n) is 14.1. The van der Waals surface area contributed by atoms with Gasteiger partial charge >= 0.3 is 6.18 Å². The lowest BCUT2D eigenvalue weighted by molar-refractivity contribution is -0.137. The van der Waals surface area contributed by atoms with E-state index in [1.165, 1.54) is 12.1 Å². The SMILES string of the molecule is O=C(CCc1ccc(C(F)(F)F)cc1)Nc1cccc2c1C[C@H](O)CC2. The van der Waals surface area contributed by atoms with Crippen LogP contribution in [0.5, 0.6) is 0 Å². The molecule has 0 saturated carbocycles. The number of hydrogen-bond donors (Lipinski definition) is 2. The Kier molecular flexibility index (Phi) is 5.32. The van der Waals surface area contributed by atoms with Crippen LogP contribution in [-0.4, -0.2) is 17.1 Å². The molecule has 0 saturated heterocycles. The molecule has 138 valence electrons. The van der Waals surface area contributed by atoms with Crippen molar-refractivity contribution in [1.29, 1.82) is 0 Å². The predicted octanol–water partition coefficient (Wildman–Crippen LogP) is 4.13. The van der Waals surface area contributed by atoms with Crippen molar-refractivity contribution in [1.82, 2.24) is 0 Å². The van der Waals surface area contributed by atoms with Gasteiger partial charge in [0.1, 0.15) is 0 Å². The number of aryl methyl sites for hydroxylation is 2. The van der Waals surface area contributed by atoms with Gasteiger partial charge in [0, 0.05) is 18.5 Å². The number of carbonyl (C=O) groups is 1. The standard InChI is InChI=1S/C20H20F3NO2/c21-20(22,23)15-8-4-13(5-9-15)6-11-19(26)24-18-3-1-2-14-7-10-16(25)12-17(14)18/h1-5,8-9,16,25H,6-7,10-12H2,(H,24,26)/t16-/m1/s1. The number of halogens is 3. The van der Waals surface area contributed by atoms with Crippen LogP contribution in [0.1, 0.15) is 35.1 Å². The van der Waals surface area contributed by atoms with Gasteiger partial charge in [-0.25, -0.2) is 0 Å². The first-order chi connectivity index (χ1) is 12.3. The quantitative estimate of drug-likeness (QED) is 0.858. The van der Waals surface area contributed by atoms with E-state index < -0.39 is 17.8 Å². The Bertz CT molecular complexity index is 785. The molecular formula is C20H20F3NO2. The average molecular weight is 363 g/mol. The summed E-state index contributed by atoms with van der Waals surface area (Å²) in [5.41, 5.74) is 2.79. The first kappa shape index (κ1) is 18.5. The van der Waals surface area contributed by atoms with Crippen LogP contribution in [0.15, 0.2) is 42.5 Å². The van der Waals surface area contributed by atoms with Crippen molar-refractivity contribution in [3.05, 3.63) is 64.7 Å². The molecule has 1 aliphatic rings. The highest BCUT2D eigenvalue weighted by Crippen LogP contribution is 2.30. The molecule has 3 rings (SSSR count). The van der Waals surface area contributed by atoms with Crippen molar-refractivity contribution >= 4 is 11.6 Å². The largest absolute Gasteiger partial charge is 0.416 e. The Morgan fingerprint density at radius 2 is 1.88 bits per heavy atom. The second-order valence-corrected chi connectivity index (χ2v) is 6.58. The number of amides is 1. The van der Waals surface area contributed by atoms with E-state index in [9.17, 15) is 23.1 Å². The maximum absolute atomic E-state index is 12.6. The molecule has 0 unspecified atom stereocenters. The Labute approximate surface area is 149 Å². The Morgan fingerprint density at radius 3 is 2.58 bits per heavy atom. The zero-order valence-corrected chi connectivity index (χ0v) is 14.1. The topological polar surface area (TPSA) is 49.3 Å². The van der Waals surface area contributed by atoms with E-state index in [0.717, 1.165) is 36.1 Å². The summed E-state index contributed by atoms with van der Waals surface area (Å²) in [4.78, 5) is 12.2. The van der Waals surface area contributed by atoms with E-state index in [2.05, 4.69) is 5.32 Å². The van der Waals surface area contributed by atoms with Gasteiger partial charge in [-0.3, -0.25) is 4.79 Å². The molecule has 1 aliphatic carbocycles. The fourth-order valence-electron chi connectivity index (χ4n) is 3.22. The molecule has 0 aromatic heterocycles. The van der Waals surface area contributed by atoms with E-state index in [0.29, 0.717) is 24.1 Å². The highest BCUT2D eigenvalue weighted by atomic mass is 19.4. The first-order valence-corrected chi connectivity index (χ1v) is 8.58. The molecule has 3 nitrogen and oxygen atoms in total. The third kappa shape index (κ3) is 4.43. The molecule has 0 aliphatic heterocycles. The van der Waals surface area contributed by atoms with Gasteiger partial charge in [0.2, 0.25) is 5.91 Å².